The van der Waals surface area contributed by atoms with Crippen molar-refractivity contribution in [1.82, 2.24) is 4.57 Å². The van der Waals surface area contributed by atoms with Gasteiger partial charge in [0.15, 0.2) is 5.75 Å². The predicted molar refractivity (Wildman–Crippen MR) is 118 cm³/mol. The molecule has 4 aromatic rings. The fraction of sp³-hybridized carbons (Fsp3) is 0.160. The van der Waals surface area contributed by atoms with E-state index in [1.54, 1.807) is 18.3 Å². The molecule has 1 N–H and O–H groups in total. The fourth-order valence-electron chi connectivity index (χ4n) is 3.70. The van der Waals surface area contributed by atoms with E-state index in [0.717, 1.165) is 28.7 Å². The third kappa shape index (κ3) is 4.02. The lowest BCUT2D eigenvalue weighted by Crippen LogP contribution is -2.07. The molecule has 0 saturated heterocycles. The first-order valence-electron chi connectivity index (χ1n) is 9.78. The summed E-state index contributed by atoms with van der Waals surface area (Å²) in [5.41, 5.74) is 4.42. The van der Waals surface area contributed by atoms with Crippen LogP contribution in [0.3, 0.4) is 0 Å². The number of aromatic hydroxyl groups is 1. The predicted octanol–water partition coefficient (Wildman–Crippen LogP) is 5.93. The van der Waals surface area contributed by atoms with Crippen molar-refractivity contribution in [3.8, 4) is 11.5 Å². The lowest BCUT2D eigenvalue weighted by atomic mass is 10.0. The Kier molecular flexibility index (Phi) is 5.34. The minimum atomic E-state index is 0.239. The molecule has 4 heteroatoms. The number of hydrogen-bond acceptors (Lipinski definition) is 3. The summed E-state index contributed by atoms with van der Waals surface area (Å²) in [5, 5.41) is 15.3. The van der Waals surface area contributed by atoms with Crippen molar-refractivity contribution in [1.29, 1.82) is 0 Å². The summed E-state index contributed by atoms with van der Waals surface area (Å²) in [4.78, 5) is 5.55. The van der Waals surface area contributed by atoms with Crippen LogP contribution in [0.4, 0.5) is 0 Å². The van der Waals surface area contributed by atoms with E-state index < -0.39 is 0 Å². The summed E-state index contributed by atoms with van der Waals surface area (Å²) in [6.45, 7) is 5.10. The van der Waals surface area contributed by atoms with Crippen LogP contribution in [0.25, 0.3) is 10.9 Å². The second kappa shape index (κ2) is 8.23. The number of benzene rings is 3. The Labute approximate surface area is 170 Å². The summed E-state index contributed by atoms with van der Waals surface area (Å²) in [6.07, 6.45) is 1.76. The van der Waals surface area contributed by atoms with Gasteiger partial charge in [0.25, 0.3) is 0 Å². The van der Waals surface area contributed by atoms with Crippen molar-refractivity contribution in [3.63, 3.8) is 0 Å². The van der Waals surface area contributed by atoms with E-state index in [1.807, 2.05) is 42.5 Å². The van der Waals surface area contributed by atoms with Crippen LogP contribution in [0.2, 0.25) is 0 Å². The average molecular weight is 384 g/mol. The topological polar surface area (TPSA) is 46.8 Å². The van der Waals surface area contributed by atoms with Gasteiger partial charge in [-0.15, -0.1) is 0 Å². The molecule has 0 amide bonds. The molecule has 0 bridgehead atoms. The van der Waals surface area contributed by atoms with E-state index in [2.05, 4.69) is 47.8 Å². The van der Waals surface area contributed by atoms with Crippen LogP contribution in [0.15, 0.2) is 84.0 Å². The maximum absolute atomic E-state index is 10.1. The van der Waals surface area contributed by atoms with E-state index in [0.29, 0.717) is 5.75 Å². The quantitative estimate of drug-likeness (QED) is 0.331. The molecule has 0 atom stereocenters. The number of aromatic nitrogens is 1. The summed E-state index contributed by atoms with van der Waals surface area (Å²) < 4.78 is 2.30. The number of nitrogens with zero attached hydrogens (tertiary/aromatic N) is 2. The molecule has 0 fully saturated rings. The molecule has 0 spiro atoms. The lowest BCUT2D eigenvalue weighted by Gasteiger charge is -2.14. The highest BCUT2D eigenvalue weighted by molar-refractivity contribution is 6.02. The molecular weight excluding hydrogens is 360 g/mol. The van der Waals surface area contributed by atoms with Gasteiger partial charge in [-0.2, -0.15) is 0 Å². The molecule has 0 saturated carbocycles. The van der Waals surface area contributed by atoms with Gasteiger partial charge in [-0.05, 0) is 41.8 Å². The number of phenols is 1. The summed E-state index contributed by atoms with van der Waals surface area (Å²) >= 11 is 0. The largest absolute Gasteiger partial charge is 0.508 e. The number of fused-ring (bicyclic) bond motifs is 1. The second-order valence-corrected chi connectivity index (χ2v) is 7.37. The van der Waals surface area contributed by atoms with Crippen molar-refractivity contribution in [2.75, 3.05) is 0 Å². The van der Waals surface area contributed by atoms with Gasteiger partial charge >= 0.3 is 0 Å². The Morgan fingerprint density at radius 2 is 1.66 bits per heavy atom. The van der Waals surface area contributed by atoms with Crippen LogP contribution in [0.1, 0.15) is 36.6 Å². The molecule has 3 aromatic carbocycles. The maximum Gasteiger partial charge on any atom is 0.157 e. The van der Waals surface area contributed by atoms with Crippen LogP contribution >= 0.6 is 0 Å². The first kappa shape index (κ1) is 18.8. The van der Waals surface area contributed by atoms with Crippen molar-refractivity contribution in [2.24, 2.45) is 5.16 Å². The zero-order valence-corrected chi connectivity index (χ0v) is 16.6. The molecule has 0 aliphatic carbocycles. The van der Waals surface area contributed by atoms with Crippen molar-refractivity contribution in [3.05, 3.63) is 95.7 Å². The SMILES string of the molecule is CC(C)c1c(C=NOc2ccccc2)c2cc(O)ccc2n1Cc1ccccc1. The van der Waals surface area contributed by atoms with Gasteiger partial charge in [0.2, 0.25) is 0 Å². The van der Waals surface area contributed by atoms with E-state index in [-0.39, 0.29) is 11.7 Å². The highest BCUT2D eigenvalue weighted by atomic mass is 16.6. The van der Waals surface area contributed by atoms with Gasteiger partial charge in [0, 0.05) is 28.7 Å². The number of hydrogen-bond donors (Lipinski definition) is 1. The molecule has 0 unspecified atom stereocenters. The van der Waals surface area contributed by atoms with Crippen LogP contribution in [-0.2, 0) is 6.54 Å². The standard InChI is InChI=1S/C25H24N2O2/c1-18(2)25-23(16-26-29-21-11-7-4-8-12-21)22-15-20(28)13-14-24(22)27(25)17-19-9-5-3-6-10-19/h3-16,18,28H,17H2,1-2H3. The summed E-state index contributed by atoms with van der Waals surface area (Å²) in [5.74, 6) is 1.19. The van der Waals surface area contributed by atoms with Crippen molar-refractivity contribution in [2.45, 2.75) is 26.3 Å². The van der Waals surface area contributed by atoms with Gasteiger partial charge in [-0.3, -0.25) is 0 Å². The van der Waals surface area contributed by atoms with E-state index >= 15 is 0 Å². The third-order valence-electron chi connectivity index (χ3n) is 4.94. The van der Waals surface area contributed by atoms with Gasteiger partial charge < -0.3 is 14.5 Å². The Hall–Kier alpha value is -3.53. The van der Waals surface area contributed by atoms with Gasteiger partial charge in [-0.25, -0.2) is 0 Å². The summed E-state index contributed by atoms with van der Waals surface area (Å²) in [7, 11) is 0. The van der Waals surface area contributed by atoms with Gasteiger partial charge in [0.1, 0.15) is 5.75 Å². The highest BCUT2D eigenvalue weighted by Gasteiger charge is 2.19. The first-order valence-corrected chi connectivity index (χ1v) is 9.78. The molecular formula is C25H24N2O2. The minimum Gasteiger partial charge on any atom is -0.508 e. The molecule has 0 radical (unpaired) electrons. The number of para-hydroxylation sites is 1. The Morgan fingerprint density at radius 1 is 0.966 bits per heavy atom. The maximum atomic E-state index is 10.1. The first-order chi connectivity index (χ1) is 14.1. The molecule has 4 rings (SSSR count). The Morgan fingerprint density at radius 3 is 2.34 bits per heavy atom. The van der Waals surface area contributed by atoms with Gasteiger partial charge in [0.05, 0.1) is 6.21 Å². The molecule has 0 aliphatic heterocycles. The molecule has 29 heavy (non-hydrogen) atoms. The van der Waals surface area contributed by atoms with Crippen molar-refractivity contribution >= 4 is 17.1 Å². The van der Waals surface area contributed by atoms with Crippen LogP contribution < -0.4 is 4.84 Å². The summed E-state index contributed by atoms with van der Waals surface area (Å²) in [6, 6.07) is 25.4. The average Bonchev–Trinajstić information content (AvgIpc) is 3.02. The van der Waals surface area contributed by atoms with E-state index in [1.165, 1.54) is 5.56 Å². The zero-order chi connectivity index (χ0) is 20.2. The number of phenolic OH excluding ortho intramolecular Hbond substituents is 1. The fourth-order valence-corrected chi connectivity index (χ4v) is 3.70. The molecule has 1 aromatic heterocycles. The monoisotopic (exact) mass is 384 g/mol. The zero-order valence-electron chi connectivity index (χ0n) is 16.6. The molecule has 146 valence electrons. The molecule has 1 heterocycles. The third-order valence-corrected chi connectivity index (χ3v) is 4.94. The Bertz CT molecular complexity index is 1130. The van der Waals surface area contributed by atoms with Crippen LogP contribution in [-0.4, -0.2) is 15.9 Å². The number of rotatable bonds is 6. The minimum absolute atomic E-state index is 0.239. The van der Waals surface area contributed by atoms with E-state index in [4.69, 9.17) is 4.84 Å². The van der Waals surface area contributed by atoms with Crippen LogP contribution in [0.5, 0.6) is 11.5 Å². The van der Waals surface area contributed by atoms with Gasteiger partial charge in [-0.1, -0.05) is 67.5 Å². The second-order valence-electron chi connectivity index (χ2n) is 7.37. The lowest BCUT2D eigenvalue weighted by molar-refractivity contribution is 0.344. The smallest absolute Gasteiger partial charge is 0.157 e. The van der Waals surface area contributed by atoms with E-state index in [9.17, 15) is 5.11 Å². The van der Waals surface area contributed by atoms with Crippen molar-refractivity contribution < 1.29 is 9.94 Å². The number of oxime groups is 1. The molecule has 0 aliphatic rings. The Balaban J connectivity index is 1.81. The van der Waals surface area contributed by atoms with Crippen LogP contribution in [0, 0.1) is 0 Å². The molecule has 4 nitrogen and oxygen atoms in total. The normalized spacial score (nSPS) is 11.6. The highest BCUT2D eigenvalue weighted by Crippen LogP contribution is 2.33.